The van der Waals surface area contributed by atoms with E-state index >= 15 is 0 Å². The summed E-state index contributed by atoms with van der Waals surface area (Å²) >= 11 is 0. The zero-order valence-corrected chi connectivity index (χ0v) is 17.3. The second kappa shape index (κ2) is 9.98. The maximum Gasteiger partial charge on any atom is 0.193 e. The van der Waals surface area contributed by atoms with Crippen molar-refractivity contribution in [1.29, 1.82) is 0 Å². The Labute approximate surface area is 164 Å². The number of nitrogens with one attached hydrogen (secondary N) is 1. The maximum atomic E-state index is 5.28. The fourth-order valence-corrected chi connectivity index (χ4v) is 4.23. The van der Waals surface area contributed by atoms with Gasteiger partial charge in [0.05, 0.1) is 7.11 Å². The molecule has 2 heterocycles. The Morgan fingerprint density at radius 2 is 1.96 bits per heavy atom. The first-order valence-electron chi connectivity index (χ1n) is 10.6. The predicted octanol–water partition coefficient (Wildman–Crippen LogP) is 3.18. The van der Waals surface area contributed by atoms with Crippen LogP contribution in [0.3, 0.4) is 0 Å². The lowest BCUT2D eigenvalue weighted by Crippen LogP contribution is -2.40. The van der Waals surface area contributed by atoms with Gasteiger partial charge >= 0.3 is 0 Å². The topological polar surface area (TPSA) is 40.1 Å². The van der Waals surface area contributed by atoms with Gasteiger partial charge < -0.3 is 19.9 Å². The standard InChI is InChI=1S/C22H36N4O/c1-4-23-22(24-15-18(2)16-25-12-5-6-13-25)26-14-11-20(17-26)19-7-9-21(27-3)10-8-19/h7-10,18,20H,4-6,11-17H2,1-3H3,(H,23,24). The van der Waals surface area contributed by atoms with Crippen LogP contribution in [0.1, 0.15) is 44.6 Å². The Morgan fingerprint density at radius 1 is 1.22 bits per heavy atom. The number of methoxy groups -OCH3 is 1. The van der Waals surface area contributed by atoms with Crippen LogP contribution in [0, 0.1) is 5.92 Å². The number of nitrogens with zero attached hydrogens (tertiary/aromatic N) is 3. The average Bonchev–Trinajstić information content (AvgIpc) is 3.37. The number of ether oxygens (including phenoxy) is 1. The highest BCUT2D eigenvalue weighted by Crippen LogP contribution is 2.28. The summed E-state index contributed by atoms with van der Waals surface area (Å²) in [5.41, 5.74) is 1.40. The van der Waals surface area contributed by atoms with E-state index in [4.69, 9.17) is 9.73 Å². The molecule has 2 saturated heterocycles. The number of likely N-dealkylation sites (tertiary alicyclic amines) is 2. The Hall–Kier alpha value is -1.75. The van der Waals surface area contributed by atoms with Crippen LogP contribution < -0.4 is 10.1 Å². The van der Waals surface area contributed by atoms with E-state index < -0.39 is 0 Å². The highest BCUT2D eigenvalue weighted by Gasteiger charge is 2.26. The Kier molecular flexibility index (Phi) is 7.39. The number of benzene rings is 1. The zero-order valence-electron chi connectivity index (χ0n) is 17.3. The van der Waals surface area contributed by atoms with Crippen LogP contribution in [0.25, 0.3) is 0 Å². The van der Waals surface area contributed by atoms with Gasteiger partial charge in [0.15, 0.2) is 5.96 Å². The van der Waals surface area contributed by atoms with Crippen molar-refractivity contribution in [2.45, 2.75) is 39.0 Å². The van der Waals surface area contributed by atoms with Gasteiger partial charge in [0, 0.05) is 38.6 Å². The van der Waals surface area contributed by atoms with Gasteiger partial charge in [0.1, 0.15) is 5.75 Å². The van der Waals surface area contributed by atoms with E-state index in [1.54, 1.807) is 7.11 Å². The first-order valence-corrected chi connectivity index (χ1v) is 10.6. The number of guanidine groups is 1. The zero-order chi connectivity index (χ0) is 19.1. The van der Waals surface area contributed by atoms with Crippen molar-refractivity contribution in [2.75, 3.05) is 52.9 Å². The maximum absolute atomic E-state index is 5.28. The fraction of sp³-hybridized carbons (Fsp3) is 0.682. The summed E-state index contributed by atoms with van der Waals surface area (Å²) in [4.78, 5) is 10.00. The van der Waals surface area contributed by atoms with Crippen molar-refractivity contribution in [1.82, 2.24) is 15.1 Å². The van der Waals surface area contributed by atoms with Crippen LogP contribution in [0.15, 0.2) is 29.3 Å². The Morgan fingerprint density at radius 3 is 2.63 bits per heavy atom. The summed E-state index contributed by atoms with van der Waals surface area (Å²) in [6, 6.07) is 8.54. The van der Waals surface area contributed by atoms with Gasteiger partial charge in [0.25, 0.3) is 0 Å². The summed E-state index contributed by atoms with van der Waals surface area (Å²) < 4.78 is 5.28. The molecule has 2 aliphatic heterocycles. The molecule has 5 nitrogen and oxygen atoms in total. The number of hydrogen-bond donors (Lipinski definition) is 1. The third-order valence-electron chi connectivity index (χ3n) is 5.73. The average molecular weight is 373 g/mol. The Bertz CT molecular complexity index is 595. The van der Waals surface area contributed by atoms with Gasteiger partial charge in [-0.15, -0.1) is 0 Å². The second-order valence-electron chi connectivity index (χ2n) is 8.01. The van der Waals surface area contributed by atoms with Crippen molar-refractivity contribution < 1.29 is 4.74 Å². The minimum absolute atomic E-state index is 0.571. The van der Waals surface area contributed by atoms with Crippen LogP contribution in [-0.4, -0.2) is 68.7 Å². The predicted molar refractivity (Wildman–Crippen MR) is 113 cm³/mol. The Balaban J connectivity index is 1.55. The van der Waals surface area contributed by atoms with Crippen molar-refractivity contribution in [2.24, 2.45) is 10.9 Å². The van der Waals surface area contributed by atoms with Crippen LogP contribution >= 0.6 is 0 Å². The molecule has 0 spiro atoms. The van der Waals surface area contributed by atoms with Crippen molar-refractivity contribution >= 4 is 5.96 Å². The molecule has 0 bridgehead atoms. The molecule has 1 N–H and O–H groups in total. The molecule has 0 aliphatic carbocycles. The van der Waals surface area contributed by atoms with E-state index in [1.165, 1.54) is 44.5 Å². The van der Waals surface area contributed by atoms with E-state index in [9.17, 15) is 0 Å². The SMILES string of the molecule is CCNC(=NCC(C)CN1CCCC1)N1CCC(c2ccc(OC)cc2)C1. The van der Waals surface area contributed by atoms with Crippen LogP contribution in [0.5, 0.6) is 5.75 Å². The van der Waals surface area contributed by atoms with E-state index in [2.05, 4.69) is 53.2 Å². The molecule has 150 valence electrons. The summed E-state index contributed by atoms with van der Waals surface area (Å²) in [7, 11) is 1.72. The minimum atomic E-state index is 0.571. The molecule has 2 aliphatic rings. The first kappa shape index (κ1) is 20.0. The minimum Gasteiger partial charge on any atom is -0.497 e. The molecule has 0 saturated carbocycles. The smallest absolute Gasteiger partial charge is 0.193 e. The summed E-state index contributed by atoms with van der Waals surface area (Å²) in [5, 5.41) is 3.51. The van der Waals surface area contributed by atoms with Crippen molar-refractivity contribution in [3.05, 3.63) is 29.8 Å². The molecule has 1 aromatic carbocycles. The molecule has 2 unspecified atom stereocenters. The highest BCUT2D eigenvalue weighted by molar-refractivity contribution is 5.80. The lowest BCUT2D eigenvalue weighted by molar-refractivity contribution is 0.291. The highest BCUT2D eigenvalue weighted by atomic mass is 16.5. The largest absolute Gasteiger partial charge is 0.497 e. The van der Waals surface area contributed by atoms with Gasteiger partial charge in [-0.1, -0.05) is 19.1 Å². The lowest BCUT2D eigenvalue weighted by Gasteiger charge is -2.23. The quantitative estimate of drug-likeness (QED) is 0.589. The van der Waals surface area contributed by atoms with Gasteiger partial charge in [-0.25, -0.2) is 0 Å². The summed E-state index contributed by atoms with van der Waals surface area (Å²) in [5.74, 6) is 3.19. The summed E-state index contributed by atoms with van der Waals surface area (Å²) in [6.45, 7) is 12.1. The molecular formula is C22H36N4O. The molecular weight excluding hydrogens is 336 g/mol. The van der Waals surface area contributed by atoms with Crippen LogP contribution in [0.4, 0.5) is 0 Å². The normalized spacial score (nSPS) is 22.3. The molecule has 27 heavy (non-hydrogen) atoms. The molecule has 2 fully saturated rings. The molecule has 3 rings (SSSR count). The molecule has 0 radical (unpaired) electrons. The van der Waals surface area contributed by atoms with Gasteiger partial charge in [-0.2, -0.15) is 0 Å². The molecule has 0 aromatic heterocycles. The summed E-state index contributed by atoms with van der Waals surface area (Å²) in [6.07, 6.45) is 3.90. The van der Waals surface area contributed by atoms with Gasteiger partial charge in [-0.05, 0) is 62.9 Å². The van der Waals surface area contributed by atoms with Gasteiger partial charge in [-0.3, -0.25) is 4.99 Å². The number of aliphatic imine (C=N–C) groups is 1. The fourth-order valence-electron chi connectivity index (χ4n) is 4.23. The molecule has 5 heteroatoms. The van der Waals surface area contributed by atoms with E-state index in [-0.39, 0.29) is 0 Å². The first-order chi connectivity index (χ1) is 13.2. The van der Waals surface area contributed by atoms with Crippen LogP contribution in [0.2, 0.25) is 0 Å². The third kappa shape index (κ3) is 5.61. The third-order valence-corrected chi connectivity index (χ3v) is 5.73. The monoisotopic (exact) mass is 372 g/mol. The number of rotatable bonds is 7. The molecule has 1 aromatic rings. The van der Waals surface area contributed by atoms with E-state index in [0.29, 0.717) is 11.8 Å². The van der Waals surface area contributed by atoms with E-state index in [0.717, 1.165) is 37.9 Å². The van der Waals surface area contributed by atoms with Crippen molar-refractivity contribution in [3.63, 3.8) is 0 Å². The lowest BCUT2D eigenvalue weighted by atomic mass is 9.98. The molecule has 2 atom stereocenters. The molecule has 0 amide bonds. The van der Waals surface area contributed by atoms with Crippen molar-refractivity contribution in [3.8, 4) is 5.75 Å². The van der Waals surface area contributed by atoms with E-state index in [1.807, 2.05) is 0 Å². The van der Waals surface area contributed by atoms with Gasteiger partial charge in [0.2, 0.25) is 0 Å². The number of hydrogen-bond acceptors (Lipinski definition) is 3. The van der Waals surface area contributed by atoms with Crippen LogP contribution in [-0.2, 0) is 0 Å². The second-order valence-corrected chi connectivity index (χ2v) is 8.01.